The van der Waals surface area contributed by atoms with Gasteiger partial charge in [-0.1, -0.05) is 0 Å². The molecular formula is C21H25N5O4. The van der Waals surface area contributed by atoms with Crippen LogP contribution in [0.3, 0.4) is 0 Å². The number of amides is 2. The Balaban J connectivity index is 1.63. The van der Waals surface area contributed by atoms with Crippen LogP contribution in [0.25, 0.3) is 0 Å². The van der Waals surface area contributed by atoms with Gasteiger partial charge in [0.15, 0.2) is 0 Å². The van der Waals surface area contributed by atoms with Crippen LogP contribution < -0.4 is 25.8 Å². The number of nitrogens with zero attached hydrogens (tertiary/aromatic N) is 2. The van der Waals surface area contributed by atoms with E-state index in [1.807, 2.05) is 4.90 Å². The number of aromatic amines is 1. The number of hydrogen-bond acceptors (Lipinski definition) is 6. The van der Waals surface area contributed by atoms with Crippen molar-refractivity contribution in [3.63, 3.8) is 0 Å². The molecule has 1 aromatic carbocycles. The smallest absolute Gasteiger partial charge is 0.258 e. The number of rotatable bonds is 4. The predicted octanol–water partition coefficient (Wildman–Crippen LogP) is 2.22. The minimum atomic E-state index is -0.917. The number of carbonyl (C=O) groups excluding carboxylic acids is 2. The van der Waals surface area contributed by atoms with E-state index in [-0.39, 0.29) is 29.8 Å². The van der Waals surface area contributed by atoms with Gasteiger partial charge in [-0.05, 0) is 50.5 Å². The van der Waals surface area contributed by atoms with Crippen LogP contribution in [0.1, 0.15) is 44.1 Å². The maximum Gasteiger partial charge on any atom is 0.258 e. The maximum atomic E-state index is 12.9. The van der Waals surface area contributed by atoms with E-state index in [2.05, 4.69) is 27.5 Å². The molecule has 30 heavy (non-hydrogen) atoms. The number of ether oxygens (including phenoxy) is 1. The Kier molecular flexibility index (Phi) is 5.43. The molecule has 2 atom stereocenters. The molecule has 4 rings (SSSR count). The minimum Gasteiger partial charge on any atom is -0.497 e. The van der Waals surface area contributed by atoms with Crippen molar-refractivity contribution in [1.29, 1.82) is 0 Å². The topological polar surface area (TPSA) is 116 Å². The number of H-pyrrole nitrogens is 1. The van der Waals surface area contributed by atoms with Crippen molar-refractivity contribution in [3.05, 3.63) is 40.2 Å². The van der Waals surface area contributed by atoms with Gasteiger partial charge in [-0.3, -0.25) is 19.4 Å². The Morgan fingerprint density at radius 1 is 1.23 bits per heavy atom. The first-order chi connectivity index (χ1) is 14.5. The van der Waals surface area contributed by atoms with Crippen molar-refractivity contribution in [1.82, 2.24) is 9.97 Å². The molecule has 9 heteroatoms. The van der Waals surface area contributed by atoms with Gasteiger partial charge in [0.1, 0.15) is 11.6 Å². The highest BCUT2D eigenvalue weighted by Crippen LogP contribution is 2.31. The third kappa shape index (κ3) is 3.87. The fraction of sp³-hybridized carbons (Fsp3) is 0.429. The highest BCUT2D eigenvalue weighted by molar-refractivity contribution is 6.04. The zero-order valence-electron chi connectivity index (χ0n) is 17.0. The van der Waals surface area contributed by atoms with Crippen molar-refractivity contribution < 1.29 is 14.3 Å². The van der Waals surface area contributed by atoms with E-state index in [1.165, 1.54) is 0 Å². The van der Waals surface area contributed by atoms with Gasteiger partial charge in [0.05, 0.1) is 18.6 Å². The summed E-state index contributed by atoms with van der Waals surface area (Å²) in [6.07, 6.45) is 3.06. The Labute approximate surface area is 173 Å². The summed E-state index contributed by atoms with van der Waals surface area (Å²) in [5.41, 5.74) is 0.341. The summed E-state index contributed by atoms with van der Waals surface area (Å²) in [7, 11) is 1.56. The summed E-state index contributed by atoms with van der Waals surface area (Å²) in [5.74, 6) is -0.425. The molecule has 2 aromatic rings. The second-order valence-corrected chi connectivity index (χ2v) is 7.71. The van der Waals surface area contributed by atoms with Crippen LogP contribution in [0.5, 0.6) is 5.75 Å². The van der Waals surface area contributed by atoms with Crippen LogP contribution in [-0.2, 0) is 9.59 Å². The van der Waals surface area contributed by atoms with Gasteiger partial charge >= 0.3 is 0 Å². The van der Waals surface area contributed by atoms with E-state index < -0.39 is 17.4 Å². The van der Waals surface area contributed by atoms with Gasteiger partial charge in [-0.2, -0.15) is 4.98 Å². The molecule has 1 fully saturated rings. The van der Waals surface area contributed by atoms with Crippen molar-refractivity contribution >= 4 is 29.3 Å². The largest absolute Gasteiger partial charge is 0.497 e. The first-order valence-electron chi connectivity index (χ1n) is 10.1. The molecule has 1 aromatic heterocycles. The van der Waals surface area contributed by atoms with Crippen LogP contribution >= 0.6 is 0 Å². The second kappa shape index (κ2) is 8.17. The van der Waals surface area contributed by atoms with E-state index in [1.54, 1.807) is 31.4 Å². The molecule has 3 N–H and O–H groups in total. The lowest BCUT2D eigenvalue weighted by Crippen LogP contribution is -2.41. The lowest BCUT2D eigenvalue weighted by Gasteiger charge is -2.34. The first kappa shape index (κ1) is 19.9. The van der Waals surface area contributed by atoms with Gasteiger partial charge in [-0.25, -0.2) is 0 Å². The SMILES string of the molecule is COc1ccc(NC(=O)[C@@H]2CC(=O)Nc3nc(N4CCCC[C@H]4C)[nH]c(=O)c32)cc1. The predicted molar refractivity (Wildman–Crippen MR) is 113 cm³/mol. The van der Waals surface area contributed by atoms with E-state index in [0.717, 1.165) is 25.8 Å². The van der Waals surface area contributed by atoms with Crippen molar-refractivity contribution in [2.24, 2.45) is 0 Å². The minimum absolute atomic E-state index is 0.112. The zero-order valence-corrected chi connectivity index (χ0v) is 17.0. The molecule has 2 aliphatic rings. The Bertz CT molecular complexity index is 1020. The van der Waals surface area contributed by atoms with Crippen molar-refractivity contribution in [2.75, 3.05) is 29.2 Å². The Morgan fingerprint density at radius 2 is 2.00 bits per heavy atom. The highest BCUT2D eigenvalue weighted by atomic mass is 16.5. The van der Waals surface area contributed by atoms with Crippen LogP contribution in [0.15, 0.2) is 29.1 Å². The summed E-state index contributed by atoms with van der Waals surface area (Å²) in [4.78, 5) is 47.5. The number of nitrogens with one attached hydrogen (secondary N) is 3. The average molecular weight is 411 g/mol. The number of carbonyl (C=O) groups is 2. The first-order valence-corrected chi connectivity index (χ1v) is 10.1. The molecule has 0 spiro atoms. The third-order valence-electron chi connectivity index (χ3n) is 5.69. The number of anilines is 3. The number of methoxy groups -OCH3 is 1. The van der Waals surface area contributed by atoms with E-state index in [0.29, 0.717) is 17.4 Å². The number of fused-ring (bicyclic) bond motifs is 1. The standard InChI is InChI=1S/C21H25N5O4/c1-12-5-3-4-10-26(12)21-24-18-17(20(29)25-21)15(11-16(27)23-18)19(28)22-13-6-8-14(30-2)9-7-13/h6-9,12,15H,3-5,10-11H2,1-2H3,(H,22,28)(H2,23,24,25,27,29)/t12-,15-/m1/s1. The van der Waals surface area contributed by atoms with Crippen LogP contribution in [0.4, 0.5) is 17.5 Å². The summed E-state index contributed by atoms with van der Waals surface area (Å²) in [5, 5.41) is 5.44. The molecular weight excluding hydrogens is 386 g/mol. The molecule has 0 aliphatic carbocycles. The van der Waals surface area contributed by atoms with Gasteiger partial charge in [0.25, 0.3) is 5.56 Å². The van der Waals surface area contributed by atoms with Crippen LogP contribution in [-0.4, -0.2) is 41.5 Å². The number of hydrogen-bond donors (Lipinski definition) is 3. The van der Waals surface area contributed by atoms with Gasteiger partial charge < -0.3 is 20.3 Å². The lowest BCUT2D eigenvalue weighted by atomic mass is 9.92. The maximum absolute atomic E-state index is 12.9. The molecule has 0 bridgehead atoms. The van der Waals surface area contributed by atoms with Gasteiger partial charge in [0, 0.05) is 24.7 Å². The fourth-order valence-corrected chi connectivity index (χ4v) is 4.04. The summed E-state index contributed by atoms with van der Waals surface area (Å²) in [6.45, 7) is 2.88. The van der Waals surface area contributed by atoms with Crippen molar-refractivity contribution in [2.45, 2.75) is 44.6 Å². The summed E-state index contributed by atoms with van der Waals surface area (Å²) < 4.78 is 5.11. The molecule has 9 nitrogen and oxygen atoms in total. The highest BCUT2D eigenvalue weighted by Gasteiger charge is 2.35. The Morgan fingerprint density at radius 3 is 2.70 bits per heavy atom. The normalized spacial score (nSPS) is 20.9. The molecule has 0 saturated carbocycles. The van der Waals surface area contributed by atoms with E-state index in [9.17, 15) is 14.4 Å². The third-order valence-corrected chi connectivity index (χ3v) is 5.69. The molecule has 1 saturated heterocycles. The number of benzene rings is 1. The van der Waals surface area contributed by atoms with E-state index in [4.69, 9.17) is 4.74 Å². The Hall–Kier alpha value is -3.36. The monoisotopic (exact) mass is 411 g/mol. The molecule has 3 heterocycles. The van der Waals surface area contributed by atoms with Crippen LogP contribution in [0.2, 0.25) is 0 Å². The van der Waals surface area contributed by atoms with Gasteiger partial charge in [0.2, 0.25) is 17.8 Å². The van der Waals surface area contributed by atoms with E-state index >= 15 is 0 Å². The van der Waals surface area contributed by atoms with Crippen molar-refractivity contribution in [3.8, 4) is 5.75 Å². The van der Waals surface area contributed by atoms with Gasteiger partial charge in [-0.15, -0.1) is 0 Å². The molecule has 2 amide bonds. The molecule has 0 radical (unpaired) electrons. The molecule has 158 valence electrons. The van der Waals surface area contributed by atoms with Crippen LogP contribution in [0, 0.1) is 0 Å². The average Bonchev–Trinajstić information content (AvgIpc) is 2.73. The zero-order chi connectivity index (χ0) is 21.3. The second-order valence-electron chi connectivity index (χ2n) is 7.71. The molecule has 2 aliphatic heterocycles. The quantitative estimate of drug-likeness (QED) is 0.710. The number of piperidine rings is 1. The lowest BCUT2D eigenvalue weighted by molar-refractivity contribution is -0.123. The summed E-state index contributed by atoms with van der Waals surface area (Å²) in [6, 6.07) is 7.08. The summed E-state index contributed by atoms with van der Waals surface area (Å²) >= 11 is 0. The number of aromatic nitrogens is 2. The molecule has 0 unspecified atom stereocenters. The fourth-order valence-electron chi connectivity index (χ4n) is 4.04.